The third-order valence-electron chi connectivity index (χ3n) is 36.6. The fourth-order valence-electron chi connectivity index (χ4n) is 24.3. The Morgan fingerprint density at radius 2 is 0.423 bits per heavy atom. The standard InChI is InChI=1S/C10H17F3.C10H20.C9H15F3.C9H16.3C9H18.C8H14.3C8H16.2C7H14.C6H12/c1-3-8-4-6-9(2,7-5-8)10(11,12)13;1-4-9-5-7-10(2,3)8-6-9;1-7-3-5-8(2,6-4-7)9(10,11)12;1-2-8-5-7-3-4-9(8)6-7;1-8-4-6-9(2,3)7-5-8;2*1-3-9-6-4-8(2)5-7-9;1-6-4-7-2-3-8(6)5-7;2*1-7-3-5-8(2)6-4-7;1-2-8-6-4-3-5-7-8;1-7-5-3-2-4-6-7;1-2-7-5-3-4-6-7;1-6-4-2-3-5-6/h8H,3-7H2,1-2H3;9H,4-8H2,1-3H3;7H,3-6H2,1-2H3;7-9H,2-6H2,1H3;8H,4-7H2,1-3H3;2*8-9H,3-7H2,1-2H3;6-8H,2-5H2,1H3;2*7-8H,3-6H2,1-2H3;8H,2-7H2,1H3;2*7H,2-6H2,1H3;6H,2-5H2,1H3/t;;;;;;;6-,7?,8?;;;;;;/m.......1....../s1. The second-order valence-electron chi connectivity index (χ2n) is 49.4. The SMILES string of the molecule is CC1CCC(C)(C(F)(F)F)CC1.CC1CCC(C)(C)CC1.CC1CCC(C)CC1.CC1CCC(C)CC1.CC1CCCC1.CC1CCCCC1.CCC1CC2CCC1C2.CCC1CCC(C)(C(F)(F)F)CC1.CCC1CCC(C)(C)CC1.CCC1CCC(C)CC1.CCC1CCC(C)CC1.CCC1CCCC1.CCC1CCCCC1.C[C@@H]1CC2CCC1C2. The lowest BCUT2D eigenvalue weighted by molar-refractivity contribution is -0.230. The van der Waals surface area contributed by atoms with E-state index in [4.69, 9.17) is 0 Å². The molecule has 0 radical (unpaired) electrons. The fraction of sp³-hybridized carbons (Fsp3) is 1.00. The van der Waals surface area contributed by atoms with Crippen LogP contribution in [-0.2, 0) is 0 Å². The number of halogens is 6. The molecule has 16 aliphatic rings. The van der Waals surface area contributed by atoms with Gasteiger partial charge in [0.25, 0.3) is 0 Å². The minimum atomic E-state index is -4.01. The van der Waals surface area contributed by atoms with Gasteiger partial charge in [0.05, 0.1) is 10.8 Å². The first kappa shape index (κ1) is 117. The maximum atomic E-state index is 12.6. The van der Waals surface area contributed by atoms with Gasteiger partial charge in [-0.15, -0.1) is 0 Å². The van der Waals surface area contributed by atoms with Crippen molar-refractivity contribution in [1.29, 1.82) is 0 Å². The second kappa shape index (κ2) is 63.7. The predicted octanol–water partition coefficient (Wildman–Crippen LogP) is 42.5. The zero-order chi connectivity index (χ0) is 91.7. The summed E-state index contributed by atoms with van der Waals surface area (Å²) >= 11 is 0. The van der Waals surface area contributed by atoms with Crippen LogP contribution in [0, 0.1) is 152 Å². The maximum Gasteiger partial charge on any atom is 0.394 e. The first-order chi connectivity index (χ1) is 58.1. The molecule has 16 saturated carbocycles. The molecular weight excluding hydrogens is 1520 g/mol. The molecule has 4 bridgehead atoms. The van der Waals surface area contributed by atoms with Crippen LogP contribution in [0.3, 0.4) is 0 Å². The van der Waals surface area contributed by atoms with Crippen molar-refractivity contribution in [3.05, 3.63) is 0 Å². The van der Waals surface area contributed by atoms with Gasteiger partial charge in [0, 0.05) is 0 Å². The Kier molecular flexibility index (Phi) is 60.5. The molecule has 16 fully saturated rings. The molecule has 0 N–H and O–H groups in total. The molecule has 6 atom stereocenters. The average Bonchev–Trinajstić information content (AvgIpc) is 1.73. The summed E-state index contributed by atoms with van der Waals surface area (Å²) in [7, 11) is 0. The normalized spacial score (nSPS) is 34.9. The number of hydrogen-bond acceptors (Lipinski definition) is 0. The third kappa shape index (κ3) is 51.6. The lowest BCUT2D eigenvalue weighted by atomic mass is 9.71. The molecule has 0 amide bonds. The van der Waals surface area contributed by atoms with E-state index in [1.165, 1.54) is 322 Å². The van der Waals surface area contributed by atoms with E-state index in [1.807, 2.05) is 6.92 Å². The topological polar surface area (TPSA) is 0 Å². The first-order valence-electron chi connectivity index (χ1n) is 56.3. The van der Waals surface area contributed by atoms with Crippen molar-refractivity contribution in [1.82, 2.24) is 0 Å². The van der Waals surface area contributed by atoms with E-state index in [0.717, 1.165) is 150 Å². The summed E-state index contributed by atoms with van der Waals surface area (Å²) in [5.41, 5.74) is -1.49. The molecule has 734 valence electrons. The van der Waals surface area contributed by atoms with Gasteiger partial charge in [-0.1, -0.05) is 455 Å². The van der Waals surface area contributed by atoms with Crippen LogP contribution in [0.25, 0.3) is 0 Å². The summed E-state index contributed by atoms with van der Waals surface area (Å²) in [6.07, 6.45) is 80.4. The van der Waals surface area contributed by atoms with E-state index >= 15 is 0 Å². The van der Waals surface area contributed by atoms with Gasteiger partial charge in [-0.2, -0.15) is 26.3 Å². The lowest BCUT2D eigenvalue weighted by Gasteiger charge is -2.38. The molecular formula is C117H224F6. The predicted molar refractivity (Wildman–Crippen MR) is 535 cm³/mol. The van der Waals surface area contributed by atoms with Crippen LogP contribution in [0.2, 0.25) is 0 Å². The zero-order valence-corrected chi connectivity index (χ0v) is 87.9. The molecule has 5 unspecified atom stereocenters. The molecule has 6 heteroatoms. The quantitative estimate of drug-likeness (QED) is 0.223. The van der Waals surface area contributed by atoms with Crippen LogP contribution >= 0.6 is 0 Å². The highest BCUT2D eigenvalue weighted by Gasteiger charge is 2.53. The Hall–Kier alpha value is -0.420. The van der Waals surface area contributed by atoms with E-state index in [0.29, 0.717) is 48.3 Å². The van der Waals surface area contributed by atoms with Crippen molar-refractivity contribution in [3.63, 3.8) is 0 Å². The summed E-state index contributed by atoms with van der Waals surface area (Å²) in [6, 6.07) is 0. The summed E-state index contributed by atoms with van der Waals surface area (Å²) < 4.78 is 75.0. The molecule has 0 aromatic carbocycles. The van der Waals surface area contributed by atoms with Crippen molar-refractivity contribution >= 4 is 0 Å². The minimum Gasteiger partial charge on any atom is -0.171 e. The monoisotopic (exact) mass is 1740 g/mol. The van der Waals surface area contributed by atoms with Gasteiger partial charge in [-0.05, 0) is 269 Å². The van der Waals surface area contributed by atoms with Crippen molar-refractivity contribution < 1.29 is 26.3 Å². The molecule has 0 aromatic rings. The molecule has 0 aliphatic heterocycles. The highest BCUT2D eigenvalue weighted by molar-refractivity contribution is 4.91. The number of hydrogen-bond donors (Lipinski definition) is 0. The van der Waals surface area contributed by atoms with Crippen LogP contribution in [-0.4, -0.2) is 12.4 Å². The molecule has 123 heavy (non-hydrogen) atoms. The third-order valence-corrected chi connectivity index (χ3v) is 36.6. The van der Waals surface area contributed by atoms with Gasteiger partial charge in [-0.3, -0.25) is 0 Å². The largest absolute Gasteiger partial charge is 0.394 e. The zero-order valence-electron chi connectivity index (χ0n) is 87.9. The summed E-state index contributed by atoms with van der Waals surface area (Å²) in [4.78, 5) is 0. The maximum absolute atomic E-state index is 12.6. The molecule has 16 rings (SSSR count). The Labute approximate surface area is 769 Å². The van der Waals surface area contributed by atoms with E-state index in [9.17, 15) is 26.3 Å². The molecule has 0 nitrogen and oxygen atoms in total. The van der Waals surface area contributed by atoms with E-state index in [2.05, 4.69) is 145 Å². The Balaban J connectivity index is 0.000000343. The van der Waals surface area contributed by atoms with Crippen molar-refractivity contribution in [2.45, 2.75) is 596 Å². The first-order valence-corrected chi connectivity index (χ1v) is 56.3. The van der Waals surface area contributed by atoms with Gasteiger partial charge in [0.2, 0.25) is 0 Å². The van der Waals surface area contributed by atoms with E-state index < -0.39 is 23.2 Å². The van der Waals surface area contributed by atoms with Crippen LogP contribution in [0.5, 0.6) is 0 Å². The van der Waals surface area contributed by atoms with Crippen molar-refractivity contribution in [3.8, 4) is 0 Å². The lowest BCUT2D eigenvalue weighted by Crippen LogP contribution is -2.38. The van der Waals surface area contributed by atoms with Gasteiger partial charge in [0.15, 0.2) is 0 Å². The number of fused-ring (bicyclic) bond motifs is 4. The van der Waals surface area contributed by atoms with Crippen LogP contribution in [0.4, 0.5) is 26.3 Å². The van der Waals surface area contributed by atoms with Gasteiger partial charge in [0.1, 0.15) is 0 Å². The smallest absolute Gasteiger partial charge is 0.171 e. The summed E-state index contributed by atoms with van der Waals surface area (Å²) in [6.45, 7) is 54.0. The van der Waals surface area contributed by atoms with Crippen LogP contribution < -0.4 is 0 Å². The second-order valence-corrected chi connectivity index (χ2v) is 49.4. The number of rotatable bonds is 7. The Morgan fingerprint density at radius 3 is 0.626 bits per heavy atom. The Morgan fingerprint density at radius 1 is 0.203 bits per heavy atom. The summed E-state index contributed by atoms with van der Waals surface area (Å²) in [5.74, 6) is 22.4. The molecule has 16 aliphatic carbocycles. The van der Waals surface area contributed by atoms with Crippen molar-refractivity contribution in [2.75, 3.05) is 0 Å². The average molecular weight is 1750 g/mol. The molecule has 0 saturated heterocycles. The highest BCUT2D eigenvalue weighted by atomic mass is 19.4. The molecule has 0 spiro atoms. The van der Waals surface area contributed by atoms with Gasteiger partial charge in [-0.25, -0.2) is 0 Å². The Bertz CT molecular complexity index is 2310. The number of alkyl halides is 6. The van der Waals surface area contributed by atoms with Gasteiger partial charge < -0.3 is 0 Å². The molecule has 0 heterocycles. The molecule has 0 aromatic heterocycles. The van der Waals surface area contributed by atoms with E-state index in [1.54, 1.807) is 51.4 Å². The summed E-state index contributed by atoms with van der Waals surface area (Å²) in [5, 5.41) is 0. The fourth-order valence-corrected chi connectivity index (χ4v) is 24.3. The minimum absolute atomic E-state index is 0.303. The van der Waals surface area contributed by atoms with E-state index in [-0.39, 0.29) is 0 Å². The van der Waals surface area contributed by atoms with Crippen molar-refractivity contribution in [2.24, 2.45) is 152 Å². The highest BCUT2D eigenvalue weighted by Crippen LogP contribution is 2.53. The van der Waals surface area contributed by atoms with Crippen LogP contribution in [0.1, 0.15) is 584 Å². The van der Waals surface area contributed by atoms with Crippen LogP contribution in [0.15, 0.2) is 0 Å². The van der Waals surface area contributed by atoms with Gasteiger partial charge >= 0.3 is 12.4 Å².